The van der Waals surface area contributed by atoms with Gasteiger partial charge in [-0.25, -0.2) is 4.39 Å². The SMILES string of the molecule is Fc1ccc(C(CN2CC=C(C(F)(F)F)CC2)c2ccccc2)cc1. The van der Waals surface area contributed by atoms with Crippen molar-refractivity contribution in [2.24, 2.45) is 0 Å². The van der Waals surface area contributed by atoms with Crippen molar-refractivity contribution in [2.45, 2.75) is 18.5 Å². The van der Waals surface area contributed by atoms with Crippen LogP contribution in [0.1, 0.15) is 23.5 Å². The zero-order valence-electron chi connectivity index (χ0n) is 13.6. The molecule has 2 aromatic rings. The van der Waals surface area contributed by atoms with Gasteiger partial charge >= 0.3 is 6.18 Å². The van der Waals surface area contributed by atoms with Gasteiger partial charge in [0.2, 0.25) is 0 Å². The quantitative estimate of drug-likeness (QED) is 0.545. The minimum atomic E-state index is -4.23. The van der Waals surface area contributed by atoms with Crippen LogP contribution in [-0.2, 0) is 0 Å². The molecule has 132 valence electrons. The van der Waals surface area contributed by atoms with Crippen LogP contribution in [0.5, 0.6) is 0 Å². The number of hydrogen-bond donors (Lipinski definition) is 0. The molecule has 0 saturated carbocycles. The molecule has 1 aliphatic rings. The number of rotatable bonds is 4. The van der Waals surface area contributed by atoms with Gasteiger partial charge in [0.05, 0.1) is 0 Å². The first-order valence-corrected chi connectivity index (χ1v) is 8.22. The van der Waals surface area contributed by atoms with Crippen molar-refractivity contribution in [3.63, 3.8) is 0 Å². The number of nitrogens with zero attached hydrogens (tertiary/aromatic N) is 1. The Morgan fingerprint density at radius 3 is 2.12 bits per heavy atom. The Labute approximate surface area is 144 Å². The lowest BCUT2D eigenvalue weighted by Crippen LogP contribution is -2.35. The van der Waals surface area contributed by atoms with Crippen LogP contribution in [0.4, 0.5) is 17.6 Å². The maximum absolute atomic E-state index is 13.2. The molecule has 1 unspecified atom stereocenters. The van der Waals surface area contributed by atoms with Crippen molar-refractivity contribution in [3.05, 3.63) is 83.2 Å². The summed E-state index contributed by atoms with van der Waals surface area (Å²) >= 11 is 0. The van der Waals surface area contributed by atoms with Gasteiger partial charge in [-0.1, -0.05) is 48.5 Å². The summed E-state index contributed by atoms with van der Waals surface area (Å²) in [5.41, 5.74) is 1.58. The highest BCUT2D eigenvalue weighted by atomic mass is 19.4. The summed E-state index contributed by atoms with van der Waals surface area (Å²) in [7, 11) is 0. The molecule has 0 N–H and O–H groups in total. The number of benzene rings is 2. The monoisotopic (exact) mass is 349 g/mol. The average Bonchev–Trinajstić information content (AvgIpc) is 2.61. The van der Waals surface area contributed by atoms with Crippen molar-refractivity contribution in [3.8, 4) is 0 Å². The third-order valence-corrected chi connectivity index (χ3v) is 4.57. The first kappa shape index (κ1) is 17.7. The summed E-state index contributed by atoms with van der Waals surface area (Å²) in [6.45, 7) is 1.24. The van der Waals surface area contributed by atoms with Crippen molar-refractivity contribution in [2.75, 3.05) is 19.6 Å². The first-order chi connectivity index (χ1) is 11.9. The van der Waals surface area contributed by atoms with E-state index in [1.54, 1.807) is 12.1 Å². The fourth-order valence-corrected chi connectivity index (χ4v) is 3.18. The Bertz CT molecular complexity index is 720. The molecule has 0 aliphatic carbocycles. The number of alkyl halides is 3. The van der Waals surface area contributed by atoms with Crippen molar-refractivity contribution in [1.29, 1.82) is 0 Å². The predicted molar refractivity (Wildman–Crippen MR) is 89.9 cm³/mol. The summed E-state index contributed by atoms with van der Waals surface area (Å²) < 4.78 is 51.6. The molecule has 0 spiro atoms. The smallest absolute Gasteiger partial charge is 0.298 e. The van der Waals surface area contributed by atoms with Gasteiger partial charge in [-0.2, -0.15) is 13.2 Å². The van der Waals surface area contributed by atoms with E-state index < -0.39 is 11.7 Å². The Morgan fingerprint density at radius 1 is 0.920 bits per heavy atom. The Morgan fingerprint density at radius 2 is 1.56 bits per heavy atom. The molecule has 1 aliphatic heterocycles. The zero-order valence-corrected chi connectivity index (χ0v) is 13.6. The second kappa shape index (κ2) is 7.40. The molecule has 1 atom stereocenters. The Kier molecular flexibility index (Phi) is 5.23. The molecule has 5 heteroatoms. The highest BCUT2D eigenvalue weighted by Gasteiger charge is 2.35. The fourth-order valence-electron chi connectivity index (χ4n) is 3.18. The van der Waals surface area contributed by atoms with Gasteiger partial charge in [0.25, 0.3) is 0 Å². The normalized spacial score (nSPS) is 17.2. The molecule has 1 nitrogen and oxygen atoms in total. The lowest BCUT2D eigenvalue weighted by molar-refractivity contribution is -0.0960. The van der Waals surface area contributed by atoms with Crippen LogP contribution in [0, 0.1) is 5.82 Å². The van der Waals surface area contributed by atoms with E-state index in [1.165, 1.54) is 18.2 Å². The number of halogens is 4. The maximum Gasteiger partial charge on any atom is 0.412 e. The van der Waals surface area contributed by atoms with Crippen LogP contribution in [0.3, 0.4) is 0 Å². The molecular weight excluding hydrogens is 330 g/mol. The topological polar surface area (TPSA) is 3.24 Å². The minimum absolute atomic E-state index is 0.00836. The van der Waals surface area contributed by atoms with Gasteiger partial charge in [-0.05, 0) is 29.7 Å². The second-order valence-corrected chi connectivity index (χ2v) is 6.25. The van der Waals surface area contributed by atoms with Gasteiger partial charge in [0.1, 0.15) is 5.82 Å². The first-order valence-electron chi connectivity index (χ1n) is 8.22. The largest absolute Gasteiger partial charge is 0.412 e. The summed E-state index contributed by atoms with van der Waals surface area (Å²) in [5, 5.41) is 0. The molecule has 2 aromatic carbocycles. The molecule has 0 fully saturated rings. The van der Waals surface area contributed by atoms with Gasteiger partial charge in [-0.3, -0.25) is 4.90 Å². The van der Waals surface area contributed by atoms with E-state index in [-0.39, 0.29) is 24.7 Å². The molecule has 1 heterocycles. The van der Waals surface area contributed by atoms with Crippen molar-refractivity contribution in [1.82, 2.24) is 4.90 Å². The van der Waals surface area contributed by atoms with Gasteiger partial charge in [0, 0.05) is 31.1 Å². The lowest BCUT2D eigenvalue weighted by atomic mass is 9.90. The van der Waals surface area contributed by atoms with Crippen molar-refractivity contribution < 1.29 is 17.6 Å². The standard InChI is InChI=1S/C20H19F4N/c21-18-8-6-16(7-9-18)19(15-4-2-1-3-5-15)14-25-12-10-17(11-13-25)20(22,23)24/h1-10,19H,11-14H2. The minimum Gasteiger partial charge on any atom is -0.298 e. The van der Waals surface area contributed by atoms with Crippen LogP contribution in [-0.4, -0.2) is 30.7 Å². The molecule has 25 heavy (non-hydrogen) atoms. The maximum atomic E-state index is 13.2. The lowest BCUT2D eigenvalue weighted by Gasteiger charge is -2.31. The highest BCUT2D eigenvalue weighted by molar-refractivity contribution is 5.33. The zero-order chi connectivity index (χ0) is 17.9. The van der Waals surface area contributed by atoms with E-state index in [1.807, 2.05) is 35.2 Å². The highest BCUT2D eigenvalue weighted by Crippen LogP contribution is 2.32. The Balaban J connectivity index is 1.80. The molecule has 0 saturated heterocycles. The fraction of sp³-hybridized carbons (Fsp3) is 0.300. The van der Waals surface area contributed by atoms with E-state index in [0.29, 0.717) is 13.1 Å². The third kappa shape index (κ3) is 4.48. The molecule has 0 bridgehead atoms. The van der Waals surface area contributed by atoms with Gasteiger partial charge < -0.3 is 0 Å². The number of hydrogen-bond acceptors (Lipinski definition) is 1. The average molecular weight is 349 g/mol. The summed E-state index contributed by atoms with van der Waals surface area (Å²) in [6.07, 6.45) is -2.95. The van der Waals surface area contributed by atoms with Crippen LogP contribution in [0.25, 0.3) is 0 Å². The summed E-state index contributed by atoms with van der Waals surface area (Å²) in [4.78, 5) is 2.01. The Hall–Kier alpha value is -2.14. The van der Waals surface area contributed by atoms with Crippen LogP contribution in [0.15, 0.2) is 66.2 Å². The predicted octanol–water partition coefficient (Wildman–Crippen LogP) is 5.15. The van der Waals surface area contributed by atoms with Crippen LogP contribution >= 0.6 is 0 Å². The van der Waals surface area contributed by atoms with E-state index in [9.17, 15) is 17.6 Å². The van der Waals surface area contributed by atoms with Crippen molar-refractivity contribution >= 4 is 0 Å². The van der Waals surface area contributed by atoms with E-state index in [4.69, 9.17) is 0 Å². The van der Waals surface area contributed by atoms with E-state index in [0.717, 1.165) is 11.1 Å². The summed E-state index contributed by atoms with van der Waals surface area (Å²) in [5.74, 6) is -0.311. The molecule has 0 aromatic heterocycles. The third-order valence-electron chi connectivity index (χ3n) is 4.57. The van der Waals surface area contributed by atoms with E-state index >= 15 is 0 Å². The molecule has 3 rings (SSSR count). The van der Waals surface area contributed by atoms with E-state index in [2.05, 4.69) is 0 Å². The molecule has 0 amide bonds. The second-order valence-electron chi connectivity index (χ2n) is 6.25. The van der Waals surface area contributed by atoms with Crippen LogP contribution < -0.4 is 0 Å². The molecular formula is C20H19F4N. The van der Waals surface area contributed by atoms with Gasteiger partial charge in [-0.15, -0.1) is 0 Å². The summed E-state index contributed by atoms with van der Waals surface area (Å²) in [6, 6.07) is 16.1. The molecule has 0 radical (unpaired) electrons. The van der Waals surface area contributed by atoms with Gasteiger partial charge in [0.15, 0.2) is 0 Å². The van der Waals surface area contributed by atoms with Crippen LogP contribution in [0.2, 0.25) is 0 Å².